The highest BCUT2D eigenvalue weighted by Gasteiger charge is 2.25. The Kier molecular flexibility index (Phi) is 7.08. The van der Waals surface area contributed by atoms with E-state index < -0.39 is 0 Å². The quantitative estimate of drug-likeness (QED) is 0.241. The molecule has 174 valence electrons. The van der Waals surface area contributed by atoms with E-state index in [1.54, 1.807) is 24.4 Å². The molecule has 1 amide bonds. The largest absolute Gasteiger partial charge is 0.494 e. The van der Waals surface area contributed by atoms with E-state index >= 15 is 0 Å². The number of hydrogen-bond donors (Lipinski definition) is 0. The maximum atomic E-state index is 13.7. The third-order valence-corrected chi connectivity index (χ3v) is 6.05. The molecule has 0 unspecified atom stereocenters. The zero-order chi connectivity index (χ0) is 24.1. The van der Waals surface area contributed by atoms with Crippen LogP contribution < -0.4 is 19.2 Å². The molecule has 7 nitrogen and oxygen atoms in total. The number of rotatable bonds is 8. The summed E-state index contributed by atoms with van der Waals surface area (Å²) in [7, 11) is 3.03. The zero-order valence-electron chi connectivity index (χ0n) is 19.4. The molecule has 0 radical (unpaired) electrons. The van der Waals surface area contributed by atoms with Gasteiger partial charge in [0.15, 0.2) is 11.5 Å². The molecule has 4 aromatic rings. The Morgan fingerprint density at radius 2 is 1.88 bits per heavy atom. The van der Waals surface area contributed by atoms with Crippen LogP contribution in [0.4, 0.5) is 5.13 Å². The average molecular weight is 476 g/mol. The Hall–Kier alpha value is -3.91. The van der Waals surface area contributed by atoms with E-state index in [2.05, 4.69) is 10.1 Å². The molecular weight excluding hydrogens is 450 g/mol. The third kappa shape index (κ3) is 4.87. The van der Waals surface area contributed by atoms with E-state index in [1.807, 2.05) is 56.3 Å². The van der Waals surface area contributed by atoms with E-state index in [4.69, 9.17) is 14.2 Å². The van der Waals surface area contributed by atoms with Gasteiger partial charge in [0.2, 0.25) is 5.13 Å². The number of fused-ring (bicyclic) bond motifs is 1. The molecule has 4 rings (SSSR count). The molecule has 0 fully saturated rings. The van der Waals surface area contributed by atoms with E-state index in [0.29, 0.717) is 28.8 Å². The van der Waals surface area contributed by atoms with Crippen molar-refractivity contribution in [3.63, 3.8) is 0 Å². The second-order valence-electron chi connectivity index (χ2n) is 7.37. The maximum absolute atomic E-state index is 13.7. The number of methoxy groups -OCH3 is 2. The molecule has 0 saturated carbocycles. The van der Waals surface area contributed by atoms with Gasteiger partial charge in [-0.05, 0) is 73.5 Å². The number of para-hydroxylation sites is 1. The normalized spacial score (nSPS) is 11.1. The van der Waals surface area contributed by atoms with Crippen molar-refractivity contribution < 1.29 is 19.0 Å². The Bertz CT molecular complexity index is 1330. The minimum atomic E-state index is -0.381. The van der Waals surface area contributed by atoms with Gasteiger partial charge >= 0.3 is 0 Å². The number of amides is 1. The van der Waals surface area contributed by atoms with Crippen LogP contribution in [0.15, 0.2) is 65.8 Å². The molecule has 0 aliphatic rings. The predicted octanol–water partition coefficient (Wildman–Crippen LogP) is 5.70. The number of carbonyl (C=O) groups is 1. The summed E-state index contributed by atoms with van der Waals surface area (Å²) in [6, 6.07) is 18.6. The highest BCUT2D eigenvalue weighted by atomic mass is 32.1. The van der Waals surface area contributed by atoms with Gasteiger partial charge in [0.05, 0.1) is 42.8 Å². The minimum absolute atomic E-state index is 0.320. The first-order valence-electron chi connectivity index (χ1n) is 10.7. The second kappa shape index (κ2) is 10.4. The van der Waals surface area contributed by atoms with Crippen LogP contribution in [0, 0.1) is 6.92 Å². The Morgan fingerprint density at radius 3 is 2.59 bits per heavy atom. The summed E-state index contributed by atoms with van der Waals surface area (Å²) in [5.41, 5.74) is 3.06. The first kappa shape index (κ1) is 23.3. The number of hydrazone groups is 1. The van der Waals surface area contributed by atoms with Gasteiger partial charge in [-0.2, -0.15) is 10.1 Å². The predicted molar refractivity (Wildman–Crippen MR) is 136 cm³/mol. The molecule has 0 aliphatic heterocycles. The summed E-state index contributed by atoms with van der Waals surface area (Å²) in [6.45, 7) is 4.55. The average Bonchev–Trinajstić information content (AvgIpc) is 3.27. The first-order chi connectivity index (χ1) is 16.5. The molecule has 0 spiro atoms. The minimum Gasteiger partial charge on any atom is -0.494 e. The summed E-state index contributed by atoms with van der Waals surface area (Å²) < 4.78 is 17.3. The van der Waals surface area contributed by atoms with E-state index in [9.17, 15) is 4.79 Å². The van der Waals surface area contributed by atoms with Crippen LogP contribution in [0.1, 0.15) is 28.4 Å². The van der Waals surface area contributed by atoms with Crippen molar-refractivity contribution >= 4 is 38.8 Å². The standard InChI is InChI=1S/C26H25N3O4S/c1-5-33-19-12-10-18(11-13-19)16-27-29(26-28-21-14-9-17(2)15-23(21)34-26)25(30)20-7-6-8-22(31-3)24(20)32-4/h6-16H,5H2,1-4H3/b27-16+. The fourth-order valence-corrected chi connectivity index (χ4v) is 4.43. The van der Waals surface area contributed by atoms with Gasteiger partial charge in [-0.25, -0.2) is 4.98 Å². The van der Waals surface area contributed by atoms with Gasteiger partial charge in [0.25, 0.3) is 5.91 Å². The fraction of sp³-hybridized carbons (Fsp3) is 0.192. The zero-order valence-corrected chi connectivity index (χ0v) is 20.3. The van der Waals surface area contributed by atoms with Crippen LogP contribution in [0.25, 0.3) is 10.2 Å². The molecule has 0 atom stereocenters. The van der Waals surface area contributed by atoms with Crippen molar-refractivity contribution in [3.8, 4) is 17.2 Å². The maximum Gasteiger partial charge on any atom is 0.284 e. The summed E-state index contributed by atoms with van der Waals surface area (Å²) >= 11 is 1.40. The Labute approximate surface area is 202 Å². The summed E-state index contributed by atoms with van der Waals surface area (Å²) in [5.74, 6) is 1.20. The number of carbonyl (C=O) groups excluding carboxylic acids is 1. The van der Waals surface area contributed by atoms with Crippen LogP contribution in [0.2, 0.25) is 0 Å². The van der Waals surface area contributed by atoms with Gasteiger partial charge in [0, 0.05) is 0 Å². The molecule has 8 heteroatoms. The number of anilines is 1. The van der Waals surface area contributed by atoms with Crippen LogP contribution >= 0.6 is 11.3 Å². The molecular formula is C26H25N3O4S. The monoisotopic (exact) mass is 475 g/mol. The number of hydrogen-bond acceptors (Lipinski definition) is 7. The van der Waals surface area contributed by atoms with Gasteiger partial charge in [0.1, 0.15) is 5.75 Å². The number of thiazole rings is 1. The number of aryl methyl sites for hydroxylation is 1. The molecule has 34 heavy (non-hydrogen) atoms. The number of ether oxygens (including phenoxy) is 3. The topological polar surface area (TPSA) is 73.2 Å². The molecule has 0 bridgehead atoms. The summed E-state index contributed by atoms with van der Waals surface area (Å²) in [4.78, 5) is 18.4. The third-order valence-electron chi connectivity index (χ3n) is 5.05. The molecule has 0 saturated heterocycles. The Morgan fingerprint density at radius 1 is 1.09 bits per heavy atom. The van der Waals surface area contributed by atoms with Gasteiger partial charge < -0.3 is 14.2 Å². The second-order valence-corrected chi connectivity index (χ2v) is 8.38. The van der Waals surface area contributed by atoms with E-state index in [-0.39, 0.29) is 5.91 Å². The molecule has 3 aromatic carbocycles. The molecule has 0 aliphatic carbocycles. The van der Waals surface area contributed by atoms with Gasteiger partial charge in [-0.1, -0.05) is 23.5 Å². The summed E-state index contributed by atoms with van der Waals surface area (Å²) in [5, 5.41) is 6.29. The first-order valence-corrected chi connectivity index (χ1v) is 11.5. The summed E-state index contributed by atoms with van der Waals surface area (Å²) in [6.07, 6.45) is 1.62. The lowest BCUT2D eigenvalue weighted by molar-refractivity contribution is 0.0984. The van der Waals surface area contributed by atoms with Crippen LogP contribution in [0.5, 0.6) is 17.2 Å². The van der Waals surface area contributed by atoms with E-state index in [1.165, 1.54) is 30.6 Å². The van der Waals surface area contributed by atoms with Crippen LogP contribution in [-0.2, 0) is 0 Å². The number of aromatic nitrogens is 1. The van der Waals surface area contributed by atoms with Crippen LogP contribution in [-0.4, -0.2) is 37.9 Å². The highest BCUT2D eigenvalue weighted by molar-refractivity contribution is 7.22. The van der Waals surface area contributed by atoms with Crippen LogP contribution in [0.3, 0.4) is 0 Å². The highest BCUT2D eigenvalue weighted by Crippen LogP contribution is 2.35. The van der Waals surface area contributed by atoms with Crippen molar-refractivity contribution in [2.45, 2.75) is 13.8 Å². The lowest BCUT2D eigenvalue weighted by Gasteiger charge is -2.17. The SMILES string of the molecule is CCOc1ccc(/C=N/N(C(=O)c2cccc(OC)c2OC)c2nc3ccc(C)cc3s2)cc1. The Balaban J connectivity index is 1.77. The lowest BCUT2D eigenvalue weighted by Crippen LogP contribution is -2.26. The number of benzene rings is 3. The van der Waals surface area contributed by atoms with Crippen molar-refractivity contribution in [2.24, 2.45) is 5.10 Å². The van der Waals surface area contributed by atoms with Gasteiger partial charge in [-0.15, -0.1) is 0 Å². The van der Waals surface area contributed by atoms with Crippen molar-refractivity contribution in [1.82, 2.24) is 4.98 Å². The fourth-order valence-electron chi connectivity index (χ4n) is 3.41. The molecule has 0 N–H and O–H groups in total. The number of nitrogens with zero attached hydrogens (tertiary/aromatic N) is 3. The van der Waals surface area contributed by atoms with E-state index in [0.717, 1.165) is 27.1 Å². The van der Waals surface area contributed by atoms with Crippen molar-refractivity contribution in [3.05, 3.63) is 77.4 Å². The molecule has 1 aromatic heterocycles. The van der Waals surface area contributed by atoms with Gasteiger partial charge in [-0.3, -0.25) is 4.79 Å². The van der Waals surface area contributed by atoms with Crippen molar-refractivity contribution in [2.75, 3.05) is 25.8 Å². The smallest absolute Gasteiger partial charge is 0.284 e. The lowest BCUT2D eigenvalue weighted by atomic mass is 10.1. The van der Waals surface area contributed by atoms with Crippen molar-refractivity contribution in [1.29, 1.82) is 0 Å². The molecule has 1 heterocycles.